The van der Waals surface area contributed by atoms with Crippen molar-refractivity contribution in [2.24, 2.45) is 0 Å². The Morgan fingerprint density at radius 3 is 1.26 bits per heavy atom. The lowest BCUT2D eigenvalue weighted by Gasteiger charge is -2.16. The molecule has 0 atom stereocenters. The summed E-state index contributed by atoms with van der Waals surface area (Å²) in [6.45, 7) is 2.27. The molecule has 0 saturated heterocycles. The molecule has 0 radical (unpaired) electrons. The Labute approximate surface area is 149 Å². The Morgan fingerprint density at radius 2 is 0.957 bits per heavy atom. The second-order valence-corrected chi connectivity index (χ2v) is 8.17. The van der Waals surface area contributed by atoms with Crippen LogP contribution in [-0.2, 0) is 0 Å². The fourth-order valence-corrected chi connectivity index (χ4v) is 4.53. The van der Waals surface area contributed by atoms with Gasteiger partial charge < -0.3 is 0 Å². The zero-order chi connectivity index (χ0) is 16.5. The fraction of sp³-hybridized carbons (Fsp3) is 0.100. The van der Waals surface area contributed by atoms with Gasteiger partial charge in [0.05, 0.1) is 10.0 Å². The first-order valence-electron chi connectivity index (χ1n) is 7.50. The lowest BCUT2D eigenvalue weighted by atomic mass is 10.4. The van der Waals surface area contributed by atoms with Gasteiger partial charge in [-0.05, 0) is 36.8 Å². The molecule has 118 valence electrons. The molecule has 3 rings (SSSR count). The van der Waals surface area contributed by atoms with E-state index in [1.54, 1.807) is 12.1 Å². The van der Waals surface area contributed by atoms with E-state index in [2.05, 4.69) is 67.6 Å². The van der Waals surface area contributed by atoms with Crippen LogP contribution in [0.2, 0.25) is 10.0 Å². The molecule has 0 fully saturated rings. The summed E-state index contributed by atoms with van der Waals surface area (Å²) < 4.78 is 0. The van der Waals surface area contributed by atoms with Crippen LogP contribution in [-0.4, -0.2) is 6.16 Å². The molecule has 0 heterocycles. The third-order valence-electron chi connectivity index (χ3n) is 3.28. The van der Waals surface area contributed by atoms with Gasteiger partial charge in [-0.2, -0.15) is 0 Å². The quantitative estimate of drug-likeness (QED) is 0.492. The van der Waals surface area contributed by atoms with Crippen LogP contribution in [0.5, 0.6) is 0 Å². The van der Waals surface area contributed by atoms with Gasteiger partial charge in [0, 0.05) is 0 Å². The van der Waals surface area contributed by atoms with Gasteiger partial charge in [-0.15, -0.1) is 0 Å². The predicted molar refractivity (Wildman–Crippen MR) is 106 cm³/mol. The van der Waals surface area contributed by atoms with E-state index < -0.39 is 0 Å². The molecule has 0 aliphatic heterocycles. The van der Waals surface area contributed by atoms with E-state index in [0.717, 1.165) is 0 Å². The molecule has 3 aromatic carbocycles. The SMILES string of the molecule is CCP(c1ccccc1)c1ccccc1.Clc1ccccc1Cl. The van der Waals surface area contributed by atoms with Crippen molar-refractivity contribution in [1.82, 2.24) is 0 Å². The van der Waals surface area contributed by atoms with E-state index in [4.69, 9.17) is 23.2 Å². The summed E-state index contributed by atoms with van der Waals surface area (Å²) in [5, 5.41) is 4.16. The van der Waals surface area contributed by atoms with Crippen molar-refractivity contribution in [2.45, 2.75) is 6.92 Å². The lowest BCUT2D eigenvalue weighted by Crippen LogP contribution is -2.12. The molecule has 0 N–H and O–H groups in total. The summed E-state index contributed by atoms with van der Waals surface area (Å²) >= 11 is 11.2. The van der Waals surface area contributed by atoms with Crippen LogP contribution in [0.3, 0.4) is 0 Å². The Kier molecular flexibility index (Phi) is 7.62. The van der Waals surface area contributed by atoms with Gasteiger partial charge in [0.25, 0.3) is 0 Å². The first kappa shape index (κ1) is 18.0. The Morgan fingerprint density at radius 1 is 0.609 bits per heavy atom. The summed E-state index contributed by atoms with van der Waals surface area (Å²) in [5.41, 5.74) is 0. The molecular formula is C20H19Cl2P. The summed E-state index contributed by atoms with van der Waals surface area (Å²) in [6, 6.07) is 28.8. The second kappa shape index (κ2) is 9.73. The van der Waals surface area contributed by atoms with Crippen molar-refractivity contribution in [3.05, 3.63) is 95.0 Å². The van der Waals surface area contributed by atoms with Gasteiger partial charge in [0.15, 0.2) is 0 Å². The number of hydrogen-bond acceptors (Lipinski definition) is 0. The maximum atomic E-state index is 5.58. The first-order valence-corrected chi connectivity index (χ1v) is 9.78. The molecule has 0 aliphatic rings. The van der Waals surface area contributed by atoms with Gasteiger partial charge in [-0.3, -0.25) is 0 Å². The summed E-state index contributed by atoms with van der Waals surface area (Å²) in [6.07, 6.45) is 1.21. The molecule has 0 bridgehead atoms. The van der Waals surface area contributed by atoms with Gasteiger partial charge >= 0.3 is 0 Å². The number of hydrogen-bond donors (Lipinski definition) is 0. The highest BCUT2D eigenvalue weighted by molar-refractivity contribution is 7.72. The highest BCUT2D eigenvalue weighted by Gasteiger charge is 2.09. The van der Waals surface area contributed by atoms with E-state index >= 15 is 0 Å². The van der Waals surface area contributed by atoms with Crippen molar-refractivity contribution in [3.63, 3.8) is 0 Å². The van der Waals surface area contributed by atoms with E-state index in [1.165, 1.54) is 16.8 Å². The van der Waals surface area contributed by atoms with Crippen LogP contribution < -0.4 is 10.6 Å². The number of rotatable bonds is 3. The molecule has 0 aromatic heterocycles. The van der Waals surface area contributed by atoms with Crippen molar-refractivity contribution in [2.75, 3.05) is 6.16 Å². The monoisotopic (exact) mass is 360 g/mol. The van der Waals surface area contributed by atoms with E-state index in [1.807, 2.05) is 12.1 Å². The zero-order valence-electron chi connectivity index (χ0n) is 13.0. The minimum Gasteiger partial charge on any atom is -0.0827 e. The molecule has 0 nitrogen and oxygen atoms in total. The Hall–Kier alpha value is -1.33. The molecular weight excluding hydrogens is 342 g/mol. The average Bonchev–Trinajstić information content (AvgIpc) is 2.61. The fourth-order valence-electron chi connectivity index (χ4n) is 2.17. The minimum atomic E-state index is -0.149. The number of halogens is 2. The van der Waals surface area contributed by atoms with Crippen LogP contribution in [0.4, 0.5) is 0 Å². The maximum Gasteiger partial charge on any atom is 0.0592 e. The third kappa shape index (κ3) is 5.66. The van der Waals surface area contributed by atoms with Gasteiger partial charge in [-0.1, -0.05) is 103 Å². The van der Waals surface area contributed by atoms with Crippen LogP contribution in [0.15, 0.2) is 84.9 Å². The highest BCUT2D eigenvalue weighted by Crippen LogP contribution is 2.32. The van der Waals surface area contributed by atoms with Crippen LogP contribution in [0.1, 0.15) is 6.92 Å². The molecule has 0 aliphatic carbocycles. The Bertz CT molecular complexity index is 639. The molecule has 23 heavy (non-hydrogen) atoms. The van der Waals surface area contributed by atoms with Crippen LogP contribution in [0.25, 0.3) is 0 Å². The average molecular weight is 361 g/mol. The summed E-state index contributed by atoms with van der Waals surface area (Å²) in [4.78, 5) is 0. The molecule has 0 saturated carbocycles. The molecule has 0 spiro atoms. The van der Waals surface area contributed by atoms with Gasteiger partial charge in [0.2, 0.25) is 0 Å². The lowest BCUT2D eigenvalue weighted by molar-refractivity contribution is 1.51. The molecule has 3 aromatic rings. The topological polar surface area (TPSA) is 0 Å². The third-order valence-corrected chi connectivity index (χ3v) is 6.51. The predicted octanol–water partition coefficient (Wildman–Crippen LogP) is 6.13. The highest BCUT2D eigenvalue weighted by atomic mass is 35.5. The van der Waals surface area contributed by atoms with E-state index in [0.29, 0.717) is 10.0 Å². The van der Waals surface area contributed by atoms with Gasteiger partial charge in [-0.25, -0.2) is 0 Å². The Balaban J connectivity index is 0.000000203. The van der Waals surface area contributed by atoms with Crippen molar-refractivity contribution < 1.29 is 0 Å². The smallest absolute Gasteiger partial charge is 0.0592 e. The van der Waals surface area contributed by atoms with E-state index in [-0.39, 0.29) is 7.92 Å². The minimum absolute atomic E-state index is 0.149. The zero-order valence-corrected chi connectivity index (χ0v) is 15.4. The largest absolute Gasteiger partial charge is 0.0827 e. The standard InChI is InChI=1S/C14H15P.C6H4Cl2/c1-2-15(13-9-5-3-6-10-13)14-11-7-4-8-12-14;7-5-3-1-2-4-6(5)8/h3-12H,2H2,1H3;1-4H. The molecule has 3 heteroatoms. The second-order valence-electron chi connectivity index (χ2n) is 4.83. The summed E-state index contributed by atoms with van der Waals surface area (Å²) in [5.74, 6) is 0. The van der Waals surface area contributed by atoms with E-state index in [9.17, 15) is 0 Å². The maximum absolute atomic E-state index is 5.58. The van der Waals surface area contributed by atoms with Crippen LogP contribution in [0, 0.1) is 0 Å². The summed E-state index contributed by atoms with van der Waals surface area (Å²) in [7, 11) is -0.149. The normalized spacial score (nSPS) is 10.1. The van der Waals surface area contributed by atoms with Crippen molar-refractivity contribution in [3.8, 4) is 0 Å². The van der Waals surface area contributed by atoms with Gasteiger partial charge in [0.1, 0.15) is 0 Å². The first-order chi connectivity index (χ1) is 11.2. The van der Waals surface area contributed by atoms with Crippen molar-refractivity contribution in [1.29, 1.82) is 0 Å². The molecule has 0 amide bonds. The van der Waals surface area contributed by atoms with Crippen molar-refractivity contribution >= 4 is 41.7 Å². The van der Waals surface area contributed by atoms with Crippen LogP contribution >= 0.6 is 31.1 Å². The molecule has 0 unspecified atom stereocenters. The number of benzene rings is 3.